The van der Waals surface area contributed by atoms with Gasteiger partial charge in [-0.25, -0.2) is 9.97 Å². The molecule has 0 saturated carbocycles. The van der Waals surface area contributed by atoms with Gasteiger partial charge in [0, 0.05) is 36.3 Å². The van der Waals surface area contributed by atoms with Gasteiger partial charge >= 0.3 is 0 Å². The molecule has 3 heterocycles. The van der Waals surface area contributed by atoms with E-state index in [1.165, 1.54) is 11.3 Å². The number of hydrogen-bond donors (Lipinski definition) is 3. The van der Waals surface area contributed by atoms with Crippen LogP contribution in [0.5, 0.6) is 0 Å². The fourth-order valence-corrected chi connectivity index (χ4v) is 5.69. The topological polar surface area (TPSA) is 132 Å². The molecule has 2 aromatic heterocycles. The summed E-state index contributed by atoms with van der Waals surface area (Å²) in [5.74, 6) is -0.654. The highest BCUT2D eigenvalue weighted by Crippen LogP contribution is 2.33. The second-order valence-corrected chi connectivity index (χ2v) is 11.6. The molecule has 38 heavy (non-hydrogen) atoms. The average Bonchev–Trinajstić information content (AvgIpc) is 3.49. The van der Waals surface area contributed by atoms with Crippen LogP contribution in [0.3, 0.4) is 0 Å². The summed E-state index contributed by atoms with van der Waals surface area (Å²) in [6.45, 7) is 5.98. The number of nitrogens with two attached hydrogens (primary N) is 2. The standard InChI is InChI=1S/C27H30ClN7O2S/c1-27(2,30)25(37)32-19-8-10-34(11-9-19)14-16-6-7-20-21(12-16)35(15-31-20)26-33-22(23(38-26)24(29)36)17-4-3-5-18(28)13-17/h3-7,12-13,15,19H,8-11,14,30H2,1-2H3,(H2,29,36)(H,32,37). The van der Waals surface area contributed by atoms with Gasteiger partial charge in [0.05, 0.1) is 22.3 Å². The second-order valence-electron chi connectivity index (χ2n) is 10.2. The van der Waals surface area contributed by atoms with E-state index in [0.717, 1.165) is 54.6 Å². The minimum Gasteiger partial charge on any atom is -0.365 e. The van der Waals surface area contributed by atoms with Crippen molar-refractivity contribution in [3.8, 4) is 16.4 Å². The molecule has 11 heteroatoms. The Bertz CT molecular complexity index is 1500. The number of primary amides is 1. The maximum absolute atomic E-state index is 12.2. The highest BCUT2D eigenvalue weighted by Gasteiger charge is 2.27. The first kappa shape index (κ1) is 26.3. The van der Waals surface area contributed by atoms with Gasteiger partial charge in [-0.2, -0.15) is 0 Å². The predicted octanol–water partition coefficient (Wildman–Crippen LogP) is 3.72. The molecule has 5 rings (SSSR count). The number of hydrogen-bond acceptors (Lipinski definition) is 7. The van der Waals surface area contributed by atoms with Crippen molar-refractivity contribution < 1.29 is 9.59 Å². The molecule has 0 aliphatic carbocycles. The molecule has 2 amide bonds. The Labute approximate surface area is 229 Å². The highest BCUT2D eigenvalue weighted by molar-refractivity contribution is 7.16. The van der Waals surface area contributed by atoms with E-state index >= 15 is 0 Å². The fraction of sp³-hybridized carbons (Fsp3) is 0.333. The molecule has 1 fully saturated rings. The minimum absolute atomic E-state index is 0.116. The molecule has 0 unspecified atom stereocenters. The Morgan fingerprint density at radius 1 is 1.18 bits per heavy atom. The number of piperidine rings is 1. The summed E-state index contributed by atoms with van der Waals surface area (Å²) in [6, 6.07) is 13.5. The normalized spacial score (nSPS) is 15.2. The van der Waals surface area contributed by atoms with Gasteiger partial charge in [-0.3, -0.25) is 19.1 Å². The molecule has 4 aromatic rings. The van der Waals surface area contributed by atoms with E-state index in [0.29, 0.717) is 20.7 Å². The third-order valence-electron chi connectivity index (χ3n) is 6.67. The van der Waals surface area contributed by atoms with Crippen LogP contribution in [0.4, 0.5) is 0 Å². The van der Waals surface area contributed by atoms with Gasteiger partial charge in [0.2, 0.25) is 5.91 Å². The first-order valence-electron chi connectivity index (χ1n) is 12.4. The lowest BCUT2D eigenvalue weighted by atomic mass is 10.0. The zero-order valence-electron chi connectivity index (χ0n) is 21.3. The number of nitrogens with zero attached hydrogens (tertiary/aromatic N) is 4. The van der Waals surface area contributed by atoms with Crippen molar-refractivity contribution in [1.82, 2.24) is 24.8 Å². The van der Waals surface area contributed by atoms with Crippen molar-refractivity contribution in [2.45, 2.75) is 44.8 Å². The number of benzene rings is 2. The Balaban J connectivity index is 1.35. The molecule has 0 spiro atoms. The first-order valence-corrected chi connectivity index (χ1v) is 13.6. The van der Waals surface area contributed by atoms with Crippen molar-refractivity contribution in [1.29, 1.82) is 0 Å². The van der Waals surface area contributed by atoms with Gasteiger partial charge in [-0.05, 0) is 56.5 Å². The van der Waals surface area contributed by atoms with Crippen LogP contribution in [0.25, 0.3) is 27.4 Å². The van der Waals surface area contributed by atoms with E-state index in [2.05, 4.69) is 27.3 Å². The molecule has 1 aliphatic heterocycles. The molecule has 2 aromatic carbocycles. The van der Waals surface area contributed by atoms with Crippen LogP contribution >= 0.6 is 22.9 Å². The third kappa shape index (κ3) is 5.58. The van der Waals surface area contributed by atoms with Crippen LogP contribution < -0.4 is 16.8 Å². The summed E-state index contributed by atoms with van der Waals surface area (Å²) >= 11 is 7.40. The molecule has 0 bridgehead atoms. The van der Waals surface area contributed by atoms with Crippen molar-refractivity contribution in [3.05, 3.63) is 64.3 Å². The molecular formula is C27H30ClN7O2S. The molecule has 1 saturated heterocycles. The Morgan fingerprint density at radius 3 is 2.63 bits per heavy atom. The summed E-state index contributed by atoms with van der Waals surface area (Å²) in [5, 5.41) is 4.23. The van der Waals surface area contributed by atoms with Crippen LogP contribution in [-0.4, -0.2) is 55.9 Å². The molecular weight excluding hydrogens is 522 g/mol. The lowest BCUT2D eigenvalue weighted by molar-refractivity contribution is -0.126. The predicted molar refractivity (Wildman–Crippen MR) is 150 cm³/mol. The molecule has 198 valence electrons. The van der Waals surface area contributed by atoms with Crippen LogP contribution in [0.1, 0.15) is 41.9 Å². The van der Waals surface area contributed by atoms with Crippen molar-refractivity contribution in [2.75, 3.05) is 13.1 Å². The number of rotatable bonds is 7. The number of halogens is 1. The van der Waals surface area contributed by atoms with E-state index in [1.54, 1.807) is 32.3 Å². The number of aromatic nitrogens is 3. The Morgan fingerprint density at radius 2 is 1.95 bits per heavy atom. The maximum atomic E-state index is 12.2. The number of imidazole rings is 1. The maximum Gasteiger partial charge on any atom is 0.261 e. The van der Waals surface area contributed by atoms with E-state index in [1.807, 2.05) is 22.8 Å². The number of fused-ring (bicyclic) bond motifs is 1. The quantitative estimate of drug-likeness (QED) is 0.321. The monoisotopic (exact) mass is 551 g/mol. The average molecular weight is 552 g/mol. The van der Waals surface area contributed by atoms with Crippen LogP contribution in [-0.2, 0) is 11.3 Å². The van der Waals surface area contributed by atoms with Gasteiger partial charge in [-0.1, -0.05) is 41.1 Å². The van der Waals surface area contributed by atoms with Crippen molar-refractivity contribution >= 4 is 45.8 Å². The van der Waals surface area contributed by atoms with E-state index in [-0.39, 0.29) is 11.9 Å². The van der Waals surface area contributed by atoms with Crippen LogP contribution in [0.2, 0.25) is 5.02 Å². The van der Waals surface area contributed by atoms with Crippen LogP contribution in [0.15, 0.2) is 48.8 Å². The summed E-state index contributed by atoms with van der Waals surface area (Å²) in [6.07, 6.45) is 3.47. The summed E-state index contributed by atoms with van der Waals surface area (Å²) in [5.41, 5.74) is 14.8. The first-order chi connectivity index (χ1) is 18.1. The van der Waals surface area contributed by atoms with E-state index < -0.39 is 11.4 Å². The van der Waals surface area contributed by atoms with Gasteiger partial charge in [0.15, 0.2) is 5.13 Å². The minimum atomic E-state index is -0.875. The Kier molecular flexibility index (Phi) is 7.23. The SMILES string of the molecule is CC(C)(N)C(=O)NC1CCN(Cc2ccc3ncn(-c4nc(-c5cccc(Cl)c5)c(C(N)=O)s4)c3c2)CC1. The molecule has 1 aliphatic rings. The van der Waals surface area contributed by atoms with Gasteiger partial charge in [0.1, 0.15) is 11.2 Å². The number of amides is 2. The van der Waals surface area contributed by atoms with E-state index in [4.69, 9.17) is 28.1 Å². The Hall–Kier alpha value is -3.31. The van der Waals surface area contributed by atoms with Gasteiger partial charge in [0.25, 0.3) is 5.91 Å². The van der Waals surface area contributed by atoms with Crippen molar-refractivity contribution in [3.63, 3.8) is 0 Å². The largest absolute Gasteiger partial charge is 0.365 e. The summed E-state index contributed by atoms with van der Waals surface area (Å²) in [4.78, 5) is 36.5. The number of thiazole rings is 1. The number of likely N-dealkylation sites (tertiary alicyclic amines) is 1. The van der Waals surface area contributed by atoms with Gasteiger partial charge in [-0.15, -0.1) is 0 Å². The molecule has 9 nitrogen and oxygen atoms in total. The zero-order chi connectivity index (χ0) is 27.0. The zero-order valence-corrected chi connectivity index (χ0v) is 22.9. The number of nitrogens with one attached hydrogen (secondary N) is 1. The molecule has 5 N–H and O–H groups in total. The molecule has 0 atom stereocenters. The smallest absolute Gasteiger partial charge is 0.261 e. The summed E-state index contributed by atoms with van der Waals surface area (Å²) in [7, 11) is 0. The summed E-state index contributed by atoms with van der Waals surface area (Å²) < 4.78 is 1.89. The number of carbonyl (C=O) groups is 2. The highest BCUT2D eigenvalue weighted by atomic mass is 35.5. The van der Waals surface area contributed by atoms with E-state index in [9.17, 15) is 9.59 Å². The second kappa shape index (κ2) is 10.5. The molecule has 0 radical (unpaired) electrons. The lowest BCUT2D eigenvalue weighted by Crippen LogP contribution is -2.54. The lowest BCUT2D eigenvalue weighted by Gasteiger charge is -2.33. The fourth-order valence-electron chi connectivity index (χ4n) is 4.58. The number of carbonyl (C=O) groups excluding carboxylic acids is 2. The van der Waals surface area contributed by atoms with Crippen molar-refractivity contribution in [2.24, 2.45) is 11.5 Å². The van der Waals surface area contributed by atoms with Crippen LogP contribution in [0, 0.1) is 0 Å². The van der Waals surface area contributed by atoms with Gasteiger partial charge < -0.3 is 16.8 Å². The third-order valence-corrected chi connectivity index (χ3v) is 7.97.